The molecule has 6 nitrogen and oxygen atoms in total. The molecule has 2 aromatic carbocycles. The smallest absolute Gasteiger partial charge is 0.319 e. The summed E-state index contributed by atoms with van der Waals surface area (Å²) < 4.78 is 5.51. The lowest BCUT2D eigenvalue weighted by Gasteiger charge is -2.14. The normalized spacial score (nSPS) is 18.5. The minimum Gasteiger partial charge on any atom is -0.376 e. The molecule has 28 heavy (non-hydrogen) atoms. The molecule has 1 aliphatic carbocycles. The minimum absolute atomic E-state index is 0.111. The van der Waals surface area contributed by atoms with Crippen molar-refractivity contribution in [1.82, 2.24) is 10.6 Å². The number of nitrogens with one attached hydrogen (secondary N) is 3. The van der Waals surface area contributed by atoms with Crippen molar-refractivity contribution in [3.05, 3.63) is 65.2 Å². The lowest BCUT2D eigenvalue weighted by atomic mass is 10.1. The lowest BCUT2D eigenvalue weighted by Crippen LogP contribution is -2.38. The van der Waals surface area contributed by atoms with Crippen LogP contribution < -0.4 is 16.0 Å². The number of rotatable bonds is 5. The van der Waals surface area contributed by atoms with E-state index in [0.29, 0.717) is 17.8 Å². The molecule has 146 valence electrons. The third kappa shape index (κ3) is 4.51. The van der Waals surface area contributed by atoms with Crippen LogP contribution in [0.25, 0.3) is 0 Å². The zero-order chi connectivity index (χ0) is 19.3. The van der Waals surface area contributed by atoms with Crippen LogP contribution in [0.1, 0.15) is 34.3 Å². The van der Waals surface area contributed by atoms with Crippen molar-refractivity contribution in [2.24, 2.45) is 0 Å². The van der Waals surface area contributed by atoms with Crippen LogP contribution in [-0.4, -0.2) is 37.2 Å². The molecule has 0 saturated carbocycles. The molecule has 0 bridgehead atoms. The lowest BCUT2D eigenvalue weighted by molar-refractivity contribution is 0.0858. The molecule has 1 heterocycles. The molecule has 2 aliphatic rings. The molecule has 6 heteroatoms. The second-order valence-electron chi connectivity index (χ2n) is 7.39. The summed E-state index contributed by atoms with van der Waals surface area (Å²) in [6, 6.07) is 15.1. The van der Waals surface area contributed by atoms with Crippen molar-refractivity contribution in [3.8, 4) is 0 Å². The van der Waals surface area contributed by atoms with E-state index in [1.165, 1.54) is 11.1 Å². The first kappa shape index (κ1) is 18.5. The van der Waals surface area contributed by atoms with E-state index in [1.54, 1.807) is 24.3 Å². The Hall–Kier alpha value is -2.86. The quantitative estimate of drug-likeness (QED) is 0.747. The van der Waals surface area contributed by atoms with Crippen molar-refractivity contribution in [2.75, 3.05) is 18.5 Å². The van der Waals surface area contributed by atoms with Gasteiger partial charge in [0.05, 0.1) is 6.10 Å². The Morgan fingerprint density at radius 2 is 1.71 bits per heavy atom. The van der Waals surface area contributed by atoms with Gasteiger partial charge in [0.1, 0.15) is 0 Å². The van der Waals surface area contributed by atoms with E-state index in [0.717, 1.165) is 32.3 Å². The standard InChI is InChI=1S/C22H25N3O3/c26-21(23-14-20-6-3-11-28-20)15-7-9-18(10-8-15)24-22(27)25-19-12-16-4-1-2-5-17(16)13-19/h1-2,4-5,7-10,19-20H,3,6,11-14H2,(H,23,26)(H2,24,25,27)/t20-/m0/s1. The summed E-state index contributed by atoms with van der Waals surface area (Å²) in [5, 5.41) is 8.75. The van der Waals surface area contributed by atoms with Crippen molar-refractivity contribution in [3.63, 3.8) is 0 Å². The topological polar surface area (TPSA) is 79.5 Å². The Morgan fingerprint density at radius 3 is 2.36 bits per heavy atom. The SMILES string of the molecule is O=C(Nc1ccc(C(=O)NC[C@@H]2CCCO2)cc1)NC1Cc2ccccc2C1. The number of benzene rings is 2. The molecule has 1 fully saturated rings. The van der Waals surface area contributed by atoms with Gasteiger partial charge in [0.25, 0.3) is 5.91 Å². The Kier molecular flexibility index (Phi) is 5.58. The fourth-order valence-corrected chi connectivity index (χ4v) is 3.83. The predicted octanol–water partition coefficient (Wildman–Crippen LogP) is 2.88. The van der Waals surface area contributed by atoms with E-state index < -0.39 is 0 Å². The Labute approximate surface area is 164 Å². The highest BCUT2D eigenvalue weighted by Crippen LogP contribution is 2.21. The van der Waals surface area contributed by atoms with E-state index in [9.17, 15) is 9.59 Å². The molecule has 3 amide bonds. The van der Waals surface area contributed by atoms with Gasteiger partial charge in [-0.3, -0.25) is 4.79 Å². The third-order valence-electron chi connectivity index (χ3n) is 5.31. The van der Waals surface area contributed by atoms with E-state index >= 15 is 0 Å². The van der Waals surface area contributed by atoms with Crippen LogP contribution in [0.2, 0.25) is 0 Å². The Morgan fingerprint density at radius 1 is 1.00 bits per heavy atom. The fourth-order valence-electron chi connectivity index (χ4n) is 3.83. The first-order chi connectivity index (χ1) is 13.7. The van der Waals surface area contributed by atoms with Gasteiger partial charge in [-0.25, -0.2) is 4.79 Å². The average molecular weight is 379 g/mol. The maximum atomic E-state index is 12.3. The zero-order valence-electron chi connectivity index (χ0n) is 15.7. The molecule has 3 N–H and O–H groups in total. The molecule has 4 rings (SSSR count). The van der Waals surface area contributed by atoms with Gasteiger partial charge >= 0.3 is 6.03 Å². The van der Waals surface area contributed by atoms with Crippen LogP contribution in [0.15, 0.2) is 48.5 Å². The van der Waals surface area contributed by atoms with Crippen LogP contribution in [0.3, 0.4) is 0 Å². The molecule has 0 spiro atoms. The van der Waals surface area contributed by atoms with Gasteiger partial charge in [-0.15, -0.1) is 0 Å². The largest absolute Gasteiger partial charge is 0.376 e. The van der Waals surface area contributed by atoms with Crippen LogP contribution in [0, 0.1) is 0 Å². The molecule has 1 saturated heterocycles. The van der Waals surface area contributed by atoms with E-state index in [4.69, 9.17) is 4.74 Å². The molecule has 0 unspecified atom stereocenters. The van der Waals surface area contributed by atoms with E-state index in [1.807, 2.05) is 12.1 Å². The van der Waals surface area contributed by atoms with Gasteiger partial charge < -0.3 is 20.7 Å². The summed E-state index contributed by atoms with van der Waals surface area (Å²) in [7, 11) is 0. The first-order valence-corrected chi connectivity index (χ1v) is 9.81. The highest BCUT2D eigenvalue weighted by atomic mass is 16.5. The summed E-state index contributed by atoms with van der Waals surface area (Å²) in [6.07, 6.45) is 3.87. The Balaban J connectivity index is 1.25. The molecule has 2 aromatic rings. The van der Waals surface area contributed by atoms with Gasteiger partial charge in [-0.05, 0) is 61.1 Å². The number of carbonyl (C=O) groups excluding carboxylic acids is 2. The van der Waals surface area contributed by atoms with Crippen LogP contribution in [-0.2, 0) is 17.6 Å². The van der Waals surface area contributed by atoms with Crippen molar-refractivity contribution in [2.45, 2.75) is 37.8 Å². The van der Waals surface area contributed by atoms with Crippen molar-refractivity contribution >= 4 is 17.6 Å². The molecule has 1 aliphatic heterocycles. The molecule has 1 atom stereocenters. The second kappa shape index (κ2) is 8.44. The summed E-state index contributed by atoms with van der Waals surface area (Å²) in [5.41, 5.74) is 3.82. The molecule has 0 aromatic heterocycles. The third-order valence-corrected chi connectivity index (χ3v) is 5.31. The molecular formula is C22H25N3O3. The van der Waals surface area contributed by atoms with Gasteiger partial charge in [0.15, 0.2) is 0 Å². The predicted molar refractivity (Wildman–Crippen MR) is 108 cm³/mol. The van der Waals surface area contributed by atoms with E-state index in [-0.39, 0.29) is 24.1 Å². The summed E-state index contributed by atoms with van der Waals surface area (Å²) >= 11 is 0. The number of ether oxygens (including phenoxy) is 1. The average Bonchev–Trinajstić information content (AvgIpc) is 3.35. The molecule has 0 radical (unpaired) electrons. The first-order valence-electron chi connectivity index (χ1n) is 9.81. The van der Waals surface area contributed by atoms with Crippen molar-refractivity contribution < 1.29 is 14.3 Å². The van der Waals surface area contributed by atoms with Gasteiger partial charge in [0.2, 0.25) is 0 Å². The van der Waals surface area contributed by atoms with Crippen LogP contribution >= 0.6 is 0 Å². The monoisotopic (exact) mass is 379 g/mol. The summed E-state index contributed by atoms with van der Waals surface area (Å²) in [5.74, 6) is -0.129. The highest BCUT2D eigenvalue weighted by Gasteiger charge is 2.22. The van der Waals surface area contributed by atoms with Gasteiger partial charge in [0, 0.05) is 30.4 Å². The maximum Gasteiger partial charge on any atom is 0.319 e. The number of urea groups is 1. The zero-order valence-corrected chi connectivity index (χ0v) is 15.7. The minimum atomic E-state index is -0.228. The second-order valence-corrected chi connectivity index (χ2v) is 7.39. The van der Waals surface area contributed by atoms with E-state index in [2.05, 4.69) is 28.1 Å². The number of hydrogen-bond acceptors (Lipinski definition) is 3. The molecular weight excluding hydrogens is 354 g/mol. The Bertz CT molecular complexity index is 819. The number of fused-ring (bicyclic) bond motifs is 1. The summed E-state index contributed by atoms with van der Waals surface area (Å²) in [6.45, 7) is 1.31. The van der Waals surface area contributed by atoms with Crippen LogP contribution in [0.5, 0.6) is 0 Å². The highest BCUT2D eigenvalue weighted by molar-refractivity contribution is 5.95. The van der Waals surface area contributed by atoms with Crippen LogP contribution in [0.4, 0.5) is 10.5 Å². The number of amides is 3. The number of anilines is 1. The van der Waals surface area contributed by atoms with Crippen molar-refractivity contribution in [1.29, 1.82) is 0 Å². The maximum absolute atomic E-state index is 12.3. The summed E-state index contributed by atoms with van der Waals surface area (Å²) in [4.78, 5) is 24.5. The van der Waals surface area contributed by atoms with Gasteiger partial charge in [-0.2, -0.15) is 0 Å². The van der Waals surface area contributed by atoms with Gasteiger partial charge in [-0.1, -0.05) is 24.3 Å². The number of hydrogen-bond donors (Lipinski definition) is 3. The fraction of sp³-hybridized carbons (Fsp3) is 0.364. The number of carbonyl (C=O) groups is 2.